The number of benzene rings is 2. The lowest BCUT2D eigenvalue weighted by molar-refractivity contribution is -0.137. The Morgan fingerprint density at radius 3 is 2.20 bits per heavy atom. The van der Waals surface area contributed by atoms with Gasteiger partial charge >= 0.3 is 0 Å². The van der Waals surface area contributed by atoms with Crippen LogP contribution in [0.1, 0.15) is 49.7 Å². The van der Waals surface area contributed by atoms with Gasteiger partial charge < -0.3 is 10.2 Å². The van der Waals surface area contributed by atoms with Gasteiger partial charge in [-0.05, 0) is 48.9 Å². The van der Waals surface area contributed by atoms with E-state index in [0.717, 1.165) is 62.7 Å². The predicted molar refractivity (Wildman–Crippen MR) is 114 cm³/mol. The molecule has 0 radical (unpaired) electrons. The van der Waals surface area contributed by atoms with Gasteiger partial charge in [0.1, 0.15) is 11.9 Å². The standard InChI is InChI=1S/C25H29FN2O2/c26-21-12-10-20(11-13-21)25(14-4-5-15-25)24(30)27-22(18-19-8-2-1-3-9-19)23(29)28-16-6-7-17-28/h1-3,8-13,22H,4-7,14-18H2,(H,27,30). The first-order valence-electron chi connectivity index (χ1n) is 11.0. The molecule has 5 heteroatoms. The van der Waals surface area contributed by atoms with Gasteiger partial charge in [0.05, 0.1) is 5.41 Å². The summed E-state index contributed by atoms with van der Waals surface area (Å²) in [6, 6.07) is 15.5. The van der Waals surface area contributed by atoms with E-state index in [0.29, 0.717) is 6.42 Å². The highest BCUT2D eigenvalue weighted by molar-refractivity contribution is 5.93. The molecule has 0 bridgehead atoms. The van der Waals surface area contributed by atoms with E-state index in [-0.39, 0.29) is 17.6 Å². The zero-order valence-corrected chi connectivity index (χ0v) is 17.3. The molecule has 1 aliphatic heterocycles. The minimum Gasteiger partial charge on any atom is -0.343 e. The number of rotatable bonds is 6. The Labute approximate surface area is 177 Å². The van der Waals surface area contributed by atoms with Crippen LogP contribution in [0, 0.1) is 5.82 Å². The molecule has 4 nitrogen and oxygen atoms in total. The zero-order chi connectivity index (χ0) is 21.0. The topological polar surface area (TPSA) is 49.4 Å². The molecule has 0 spiro atoms. The van der Waals surface area contributed by atoms with E-state index in [2.05, 4.69) is 5.32 Å². The molecule has 2 aliphatic rings. The van der Waals surface area contributed by atoms with Crippen LogP contribution in [0.25, 0.3) is 0 Å². The van der Waals surface area contributed by atoms with Crippen LogP contribution < -0.4 is 5.32 Å². The summed E-state index contributed by atoms with van der Waals surface area (Å²) in [5.74, 6) is -0.421. The molecule has 1 saturated carbocycles. The second kappa shape index (κ2) is 8.99. The summed E-state index contributed by atoms with van der Waals surface area (Å²) in [6.07, 6.45) is 5.85. The lowest BCUT2D eigenvalue weighted by atomic mass is 9.77. The average molecular weight is 409 g/mol. The lowest BCUT2D eigenvalue weighted by Crippen LogP contribution is -2.53. The number of carbonyl (C=O) groups is 2. The van der Waals surface area contributed by atoms with E-state index in [4.69, 9.17) is 0 Å². The Morgan fingerprint density at radius 1 is 0.933 bits per heavy atom. The van der Waals surface area contributed by atoms with Crippen molar-refractivity contribution in [2.45, 2.75) is 56.4 Å². The third-order valence-corrected chi connectivity index (χ3v) is 6.59. The Morgan fingerprint density at radius 2 is 1.57 bits per heavy atom. The average Bonchev–Trinajstić information content (AvgIpc) is 3.47. The highest BCUT2D eigenvalue weighted by atomic mass is 19.1. The molecule has 0 aromatic heterocycles. The van der Waals surface area contributed by atoms with Crippen LogP contribution in [0.4, 0.5) is 4.39 Å². The van der Waals surface area contributed by atoms with Crippen molar-refractivity contribution in [1.82, 2.24) is 10.2 Å². The Hall–Kier alpha value is -2.69. The van der Waals surface area contributed by atoms with Crippen molar-refractivity contribution in [3.8, 4) is 0 Å². The van der Waals surface area contributed by atoms with Gasteiger partial charge in [-0.25, -0.2) is 4.39 Å². The summed E-state index contributed by atoms with van der Waals surface area (Å²) in [4.78, 5) is 28.7. The summed E-state index contributed by atoms with van der Waals surface area (Å²) >= 11 is 0. The fraction of sp³-hybridized carbons (Fsp3) is 0.440. The van der Waals surface area contributed by atoms with E-state index in [1.54, 1.807) is 12.1 Å². The van der Waals surface area contributed by atoms with E-state index in [9.17, 15) is 14.0 Å². The molecule has 2 fully saturated rings. The summed E-state index contributed by atoms with van der Waals surface area (Å²) < 4.78 is 13.5. The molecule has 4 rings (SSSR count). The maximum atomic E-state index is 13.6. The van der Waals surface area contributed by atoms with E-state index in [1.807, 2.05) is 35.2 Å². The minimum absolute atomic E-state index is 0.00282. The highest BCUT2D eigenvalue weighted by Gasteiger charge is 2.44. The summed E-state index contributed by atoms with van der Waals surface area (Å²) in [5.41, 5.74) is 1.18. The maximum absolute atomic E-state index is 13.6. The molecular weight excluding hydrogens is 379 g/mol. The first kappa shape index (κ1) is 20.6. The molecule has 1 aliphatic carbocycles. The molecular formula is C25H29FN2O2. The van der Waals surface area contributed by atoms with Crippen molar-refractivity contribution in [2.24, 2.45) is 0 Å². The Kier molecular flexibility index (Phi) is 6.16. The van der Waals surface area contributed by atoms with Crippen molar-refractivity contribution < 1.29 is 14.0 Å². The van der Waals surface area contributed by atoms with Crippen LogP contribution in [0.5, 0.6) is 0 Å². The lowest BCUT2D eigenvalue weighted by Gasteiger charge is -2.32. The second-order valence-corrected chi connectivity index (χ2v) is 8.54. The molecule has 1 heterocycles. The van der Waals surface area contributed by atoms with Gasteiger partial charge in [-0.15, -0.1) is 0 Å². The van der Waals surface area contributed by atoms with Gasteiger partial charge in [0.15, 0.2) is 0 Å². The number of nitrogens with zero attached hydrogens (tertiary/aromatic N) is 1. The van der Waals surface area contributed by atoms with E-state index < -0.39 is 11.5 Å². The minimum atomic E-state index is -0.687. The van der Waals surface area contributed by atoms with E-state index in [1.165, 1.54) is 12.1 Å². The Bertz CT molecular complexity index is 870. The SMILES string of the molecule is O=C(C(Cc1ccccc1)NC(=O)C1(c2ccc(F)cc2)CCCC1)N1CCCC1. The van der Waals surface area contributed by atoms with Gasteiger partial charge in [-0.2, -0.15) is 0 Å². The van der Waals surface area contributed by atoms with Gasteiger partial charge in [0, 0.05) is 19.5 Å². The largest absolute Gasteiger partial charge is 0.343 e. The van der Waals surface area contributed by atoms with Gasteiger partial charge in [0.2, 0.25) is 11.8 Å². The molecule has 1 saturated heterocycles. The number of amides is 2. The number of hydrogen-bond donors (Lipinski definition) is 1. The molecule has 2 aromatic rings. The van der Waals surface area contributed by atoms with Crippen LogP contribution in [-0.4, -0.2) is 35.8 Å². The summed E-state index contributed by atoms with van der Waals surface area (Å²) in [7, 11) is 0. The fourth-order valence-corrected chi connectivity index (χ4v) is 4.90. The predicted octanol–water partition coefficient (Wildman–Crippen LogP) is 3.99. The molecule has 1 N–H and O–H groups in total. The van der Waals surface area contributed by atoms with Gasteiger partial charge in [0.25, 0.3) is 0 Å². The number of nitrogens with one attached hydrogen (secondary N) is 1. The summed E-state index contributed by atoms with van der Waals surface area (Å²) in [6.45, 7) is 1.51. The highest BCUT2D eigenvalue weighted by Crippen LogP contribution is 2.41. The second-order valence-electron chi connectivity index (χ2n) is 8.54. The van der Waals surface area contributed by atoms with Crippen LogP contribution >= 0.6 is 0 Å². The molecule has 2 amide bonds. The quantitative estimate of drug-likeness (QED) is 0.786. The Balaban J connectivity index is 1.59. The molecule has 2 aromatic carbocycles. The third kappa shape index (κ3) is 4.25. The number of carbonyl (C=O) groups excluding carboxylic acids is 2. The van der Waals surface area contributed by atoms with Gasteiger partial charge in [-0.1, -0.05) is 55.3 Å². The van der Waals surface area contributed by atoms with Crippen LogP contribution in [0.2, 0.25) is 0 Å². The van der Waals surface area contributed by atoms with Crippen LogP contribution in [-0.2, 0) is 21.4 Å². The smallest absolute Gasteiger partial charge is 0.245 e. The monoisotopic (exact) mass is 408 g/mol. The first-order valence-corrected chi connectivity index (χ1v) is 11.0. The third-order valence-electron chi connectivity index (χ3n) is 6.59. The fourth-order valence-electron chi connectivity index (χ4n) is 4.90. The van der Waals surface area contributed by atoms with Gasteiger partial charge in [-0.3, -0.25) is 9.59 Å². The van der Waals surface area contributed by atoms with Crippen LogP contribution in [0.15, 0.2) is 54.6 Å². The number of likely N-dealkylation sites (tertiary alicyclic amines) is 1. The zero-order valence-electron chi connectivity index (χ0n) is 17.3. The van der Waals surface area contributed by atoms with Crippen molar-refractivity contribution in [3.05, 3.63) is 71.5 Å². The molecule has 1 atom stereocenters. The number of hydrogen-bond acceptors (Lipinski definition) is 2. The van der Waals surface area contributed by atoms with Crippen molar-refractivity contribution in [1.29, 1.82) is 0 Å². The summed E-state index contributed by atoms with van der Waals surface area (Å²) in [5, 5.41) is 3.11. The number of halogens is 1. The molecule has 158 valence electrons. The van der Waals surface area contributed by atoms with Crippen molar-refractivity contribution in [3.63, 3.8) is 0 Å². The molecule has 30 heavy (non-hydrogen) atoms. The van der Waals surface area contributed by atoms with Crippen molar-refractivity contribution >= 4 is 11.8 Å². The normalized spacial score (nSPS) is 18.9. The first-order chi connectivity index (χ1) is 14.6. The molecule has 1 unspecified atom stereocenters. The van der Waals surface area contributed by atoms with E-state index >= 15 is 0 Å². The van der Waals surface area contributed by atoms with Crippen molar-refractivity contribution in [2.75, 3.05) is 13.1 Å². The van der Waals surface area contributed by atoms with Crippen LogP contribution in [0.3, 0.4) is 0 Å². The maximum Gasteiger partial charge on any atom is 0.245 e.